The number of rotatable bonds is 4. The monoisotopic (exact) mass is 317 g/mol. The first-order valence-electron chi connectivity index (χ1n) is 6.61. The van der Waals surface area contributed by atoms with E-state index in [4.69, 9.17) is 4.74 Å². The van der Waals surface area contributed by atoms with Gasteiger partial charge < -0.3 is 10.1 Å². The van der Waals surface area contributed by atoms with Crippen molar-refractivity contribution in [1.29, 1.82) is 0 Å². The maximum atomic E-state index is 13.0. The molecule has 7 heteroatoms. The van der Waals surface area contributed by atoms with E-state index in [0.717, 1.165) is 0 Å². The number of carbonyl (C=O) groups is 1. The highest BCUT2D eigenvalue weighted by Crippen LogP contribution is 2.31. The van der Waals surface area contributed by atoms with Gasteiger partial charge in [0.05, 0.1) is 17.6 Å². The largest absolute Gasteiger partial charge is 0.462 e. The van der Waals surface area contributed by atoms with Gasteiger partial charge in [0.25, 0.3) is 0 Å². The number of hydrogen-bond acceptors (Lipinski definition) is 6. The molecule has 0 spiro atoms. The van der Waals surface area contributed by atoms with Gasteiger partial charge in [-0.3, -0.25) is 0 Å². The standard InChI is InChI=1S/C15H12FN3O2S/c1-2-21-15(20)11-7-22-14-12(11)13(17-8-18-14)19-10-5-3-9(16)4-6-10/h3-8H,2H2,1H3,(H,17,18,19). The van der Waals surface area contributed by atoms with Crippen LogP contribution in [0.2, 0.25) is 0 Å². The normalized spacial score (nSPS) is 10.6. The summed E-state index contributed by atoms with van der Waals surface area (Å²) in [7, 11) is 0. The Morgan fingerprint density at radius 2 is 2.09 bits per heavy atom. The summed E-state index contributed by atoms with van der Waals surface area (Å²) < 4.78 is 18.0. The minimum atomic E-state index is -0.411. The predicted molar refractivity (Wildman–Crippen MR) is 83.1 cm³/mol. The Labute approximate surface area is 129 Å². The van der Waals surface area contributed by atoms with Crippen LogP contribution in [0, 0.1) is 5.82 Å². The lowest BCUT2D eigenvalue weighted by atomic mass is 10.2. The number of ether oxygens (including phenoxy) is 1. The number of thiophene rings is 1. The summed E-state index contributed by atoms with van der Waals surface area (Å²) in [5.41, 5.74) is 1.09. The molecule has 1 aromatic carbocycles. The van der Waals surface area contributed by atoms with E-state index in [2.05, 4.69) is 15.3 Å². The first-order valence-corrected chi connectivity index (χ1v) is 7.49. The zero-order valence-electron chi connectivity index (χ0n) is 11.7. The molecule has 22 heavy (non-hydrogen) atoms. The summed E-state index contributed by atoms with van der Waals surface area (Å²) in [5, 5.41) is 5.39. The van der Waals surface area contributed by atoms with Crippen LogP contribution in [-0.4, -0.2) is 22.5 Å². The zero-order chi connectivity index (χ0) is 15.5. The molecule has 0 aliphatic rings. The number of halogens is 1. The first kappa shape index (κ1) is 14.4. The van der Waals surface area contributed by atoms with Gasteiger partial charge in [-0.25, -0.2) is 19.2 Å². The van der Waals surface area contributed by atoms with Gasteiger partial charge in [-0.05, 0) is 31.2 Å². The Morgan fingerprint density at radius 1 is 1.32 bits per heavy atom. The van der Waals surface area contributed by atoms with Crippen LogP contribution in [0.15, 0.2) is 36.0 Å². The number of nitrogens with zero attached hydrogens (tertiary/aromatic N) is 2. The molecule has 0 atom stereocenters. The first-order chi connectivity index (χ1) is 10.7. The van der Waals surface area contributed by atoms with E-state index in [1.54, 1.807) is 24.4 Å². The molecule has 1 N–H and O–H groups in total. The van der Waals surface area contributed by atoms with Gasteiger partial charge in [0.1, 0.15) is 22.8 Å². The van der Waals surface area contributed by atoms with E-state index in [-0.39, 0.29) is 5.82 Å². The van der Waals surface area contributed by atoms with Crippen molar-refractivity contribution in [2.75, 3.05) is 11.9 Å². The average molecular weight is 317 g/mol. The fourth-order valence-corrected chi connectivity index (χ4v) is 2.87. The second kappa shape index (κ2) is 6.07. The molecule has 0 bridgehead atoms. The molecular weight excluding hydrogens is 305 g/mol. The molecule has 0 saturated heterocycles. The summed E-state index contributed by atoms with van der Waals surface area (Å²) in [6.45, 7) is 2.05. The predicted octanol–water partition coefficient (Wildman–Crippen LogP) is 3.75. The third-order valence-electron chi connectivity index (χ3n) is 2.97. The number of nitrogens with one attached hydrogen (secondary N) is 1. The molecule has 0 radical (unpaired) electrons. The maximum absolute atomic E-state index is 13.0. The zero-order valence-corrected chi connectivity index (χ0v) is 12.5. The molecule has 0 aliphatic carbocycles. The Bertz CT molecular complexity index is 817. The molecule has 0 aliphatic heterocycles. The van der Waals surface area contributed by atoms with E-state index >= 15 is 0 Å². The smallest absolute Gasteiger partial charge is 0.339 e. The van der Waals surface area contributed by atoms with Crippen LogP contribution in [0.3, 0.4) is 0 Å². The number of aromatic nitrogens is 2. The van der Waals surface area contributed by atoms with E-state index < -0.39 is 5.97 Å². The Hall–Kier alpha value is -2.54. The Morgan fingerprint density at radius 3 is 2.82 bits per heavy atom. The molecule has 0 fully saturated rings. The maximum Gasteiger partial charge on any atom is 0.339 e. The number of hydrogen-bond donors (Lipinski definition) is 1. The molecule has 5 nitrogen and oxygen atoms in total. The Kier molecular flexibility index (Phi) is 3.97. The van der Waals surface area contributed by atoms with Crippen molar-refractivity contribution in [2.24, 2.45) is 0 Å². The van der Waals surface area contributed by atoms with Crippen molar-refractivity contribution < 1.29 is 13.9 Å². The topological polar surface area (TPSA) is 64.1 Å². The summed E-state index contributed by atoms with van der Waals surface area (Å²) in [5.74, 6) is -0.243. The van der Waals surface area contributed by atoms with Crippen LogP contribution in [-0.2, 0) is 4.74 Å². The molecule has 112 valence electrons. The summed E-state index contributed by atoms with van der Waals surface area (Å²) in [4.78, 5) is 21.0. The molecule has 2 heterocycles. The van der Waals surface area contributed by atoms with Crippen molar-refractivity contribution in [3.63, 3.8) is 0 Å². The van der Waals surface area contributed by atoms with Gasteiger partial charge in [0.15, 0.2) is 0 Å². The highest BCUT2D eigenvalue weighted by Gasteiger charge is 2.18. The van der Waals surface area contributed by atoms with Gasteiger partial charge in [-0.2, -0.15) is 0 Å². The van der Waals surface area contributed by atoms with Gasteiger partial charge in [-0.1, -0.05) is 0 Å². The van der Waals surface area contributed by atoms with Crippen LogP contribution in [0.5, 0.6) is 0 Å². The van der Waals surface area contributed by atoms with Gasteiger partial charge in [-0.15, -0.1) is 11.3 Å². The highest BCUT2D eigenvalue weighted by molar-refractivity contribution is 7.17. The number of benzene rings is 1. The lowest BCUT2D eigenvalue weighted by Crippen LogP contribution is -2.05. The number of anilines is 2. The van der Waals surface area contributed by atoms with Crippen LogP contribution in [0.4, 0.5) is 15.9 Å². The second-order valence-corrected chi connectivity index (χ2v) is 5.26. The fourth-order valence-electron chi connectivity index (χ4n) is 2.00. The lowest BCUT2D eigenvalue weighted by Gasteiger charge is -2.08. The van der Waals surface area contributed by atoms with Gasteiger partial charge in [0.2, 0.25) is 0 Å². The molecule has 0 unspecified atom stereocenters. The van der Waals surface area contributed by atoms with Gasteiger partial charge >= 0.3 is 5.97 Å². The van der Waals surface area contributed by atoms with E-state index in [9.17, 15) is 9.18 Å². The van der Waals surface area contributed by atoms with Crippen molar-refractivity contribution in [3.8, 4) is 0 Å². The summed E-state index contributed by atoms with van der Waals surface area (Å²) >= 11 is 1.34. The molecular formula is C15H12FN3O2S. The van der Waals surface area contributed by atoms with Crippen LogP contribution in [0.25, 0.3) is 10.2 Å². The van der Waals surface area contributed by atoms with E-state index in [1.807, 2.05) is 0 Å². The summed E-state index contributed by atoms with van der Waals surface area (Å²) in [6, 6.07) is 5.89. The quantitative estimate of drug-likeness (QED) is 0.742. The second-order valence-electron chi connectivity index (χ2n) is 4.40. The molecule has 0 saturated carbocycles. The average Bonchev–Trinajstić information content (AvgIpc) is 2.95. The third-order valence-corrected chi connectivity index (χ3v) is 3.86. The van der Waals surface area contributed by atoms with Gasteiger partial charge in [0, 0.05) is 11.1 Å². The van der Waals surface area contributed by atoms with Crippen molar-refractivity contribution in [2.45, 2.75) is 6.92 Å². The summed E-state index contributed by atoms with van der Waals surface area (Å²) in [6.07, 6.45) is 1.42. The van der Waals surface area contributed by atoms with Crippen LogP contribution >= 0.6 is 11.3 Å². The molecule has 0 amide bonds. The fraction of sp³-hybridized carbons (Fsp3) is 0.133. The van der Waals surface area contributed by atoms with Crippen LogP contribution < -0.4 is 5.32 Å². The minimum absolute atomic E-state index is 0.296. The number of esters is 1. The van der Waals surface area contributed by atoms with Crippen molar-refractivity contribution in [3.05, 3.63) is 47.4 Å². The lowest BCUT2D eigenvalue weighted by molar-refractivity contribution is 0.0529. The molecule has 3 rings (SSSR count). The van der Waals surface area contributed by atoms with Crippen LogP contribution in [0.1, 0.15) is 17.3 Å². The van der Waals surface area contributed by atoms with Crippen molar-refractivity contribution >= 4 is 39.0 Å². The number of carbonyl (C=O) groups excluding carboxylic acids is 1. The number of fused-ring (bicyclic) bond motifs is 1. The van der Waals surface area contributed by atoms with Crippen molar-refractivity contribution in [1.82, 2.24) is 9.97 Å². The Balaban J connectivity index is 2.03. The molecule has 2 aromatic heterocycles. The molecule has 3 aromatic rings. The SMILES string of the molecule is CCOC(=O)c1csc2ncnc(Nc3ccc(F)cc3)c12. The minimum Gasteiger partial charge on any atom is -0.462 e. The third kappa shape index (κ3) is 2.75. The highest BCUT2D eigenvalue weighted by atomic mass is 32.1. The van der Waals surface area contributed by atoms with E-state index in [1.165, 1.54) is 29.8 Å². The van der Waals surface area contributed by atoms with E-state index in [0.29, 0.717) is 33.9 Å².